The minimum Gasteiger partial charge on any atom is -0.497 e. The Morgan fingerprint density at radius 2 is 2.00 bits per heavy atom. The SMILES string of the molecule is COc1ccc(-n2ccnc2SCC(=O)NCCc2nnc3ccccn23)cc1. The number of carbonyl (C=O) groups excluding carboxylic acids is 1. The second-order valence-electron chi connectivity index (χ2n) is 6.21. The summed E-state index contributed by atoms with van der Waals surface area (Å²) in [5.74, 6) is 1.85. The zero-order valence-electron chi connectivity index (χ0n) is 15.9. The van der Waals surface area contributed by atoms with Crippen molar-refractivity contribution in [3.63, 3.8) is 0 Å². The fourth-order valence-corrected chi connectivity index (χ4v) is 3.70. The molecular weight excluding hydrogens is 388 g/mol. The lowest BCUT2D eigenvalue weighted by Gasteiger charge is -2.08. The number of nitrogens with one attached hydrogen (secondary N) is 1. The van der Waals surface area contributed by atoms with E-state index in [0.717, 1.165) is 28.1 Å². The third-order valence-electron chi connectivity index (χ3n) is 4.34. The zero-order chi connectivity index (χ0) is 20.1. The summed E-state index contributed by atoms with van der Waals surface area (Å²) in [6.45, 7) is 0.502. The van der Waals surface area contributed by atoms with Gasteiger partial charge < -0.3 is 10.1 Å². The van der Waals surface area contributed by atoms with E-state index in [1.165, 1.54) is 11.8 Å². The summed E-state index contributed by atoms with van der Waals surface area (Å²) < 4.78 is 9.06. The smallest absolute Gasteiger partial charge is 0.230 e. The number of carbonyl (C=O) groups is 1. The van der Waals surface area contributed by atoms with E-state index in [1.807, 2.05) is 63.8 Å². The van der Waals surface area contributed by atoms with Crippen LogP contribution in [-0.2, 0) is 11.2 Å². The highest BCUT2D eigenvalue weighted by Crippen LogP contribution is 2.22. The average Bonchev–Trinajstić information content (AvgIpc) is 3.40. The second kappa shape index (κ2) is 8.78. The van der Waals surface area contributed by atoms with Crippen LogP contribution in [0.25, 0.3) is 11.3 Å². The predicted octanol–water partition coefficient (Wildman–Crippen LogP) is 2.37. The molecule has 4 rings (SSSR count). The number of aromatic nitrogens is 5. The van der Waals surface area contributed by atoms with Crippen molar-refractivity contribution < 1.29 is 9.53 Å². The van der Waals surface area contributed by atoms with Crippen molar-refractivity contribution in [3.8, 4) is 11.4 Å². The number of thioether (sulfide) groups is 1. The van der Waals surface area contributed by atoms with Crippen LogP contribution in [0.1, 0.15) is 5.82 Å². The van der Waals surface area contributed by atoms with Crippen molar-refractivity contribution >= 4 is 23.3 Å². The van der Waals surface area contributed by atoms with Crippen LogP contribution >= 0.6 is 11.8 Å². The van der Waals surface area contributed by atoms with Gasteiger partial charge in [-0.05, 0) is 36.4 Å². The van der Waals surface area contributed by atoms with E-state index in [4.69, 9.17) is 4.74 Å². The number of hydrogen-bond donors (Lipinski definition) is 1. The standard InChI is InChI=1S/C20H20N6O2S/c1-28-16-7-5-15(6-8-16)25-13-11-22-20(25)29-14-19(27)21-10-9-18-24-23-17-4-2-3-12-26(17)18/h2-8,11-13H,9-10,14H2,1H3,(H,21,27). The third kappa shape index (κ3) is 4.40. The first-order valence-corrected chi connectivity index (χ1v) is 10.1. The molecular formula is C20H20N6O2S. The van der Waals surface area contributed by atoms with E-state index in [0.29, 0.717) is 13.0 Å². The maximum atomic E-state index is 12.2. The average molecular weight is 408 g/mol. The maximum Gasteiger partial charge on any atom is 0.230 e. The van der Waals surface area contributed by atoms with Crippen molar-refractivity contribution in [2.24, 2.45) is 0 Å². The summed E-state index contributed by atoms with van der Waals surface area (Å²) in [5.41, 5.74) is 1.76. The number of methoxy groups -OCH3 is 1. The van der Waals surface area contributed by atoms with Gasteiger partial charge in [0.1, 0.15) is 11.6 Å². The molecule has 0 aliphatic heterocycles. The number of ether oxygens (including phenoxy) is 1. The van der Waals surface area contributed by atoms with Gasteiger partial charge in [0.25, 0.3) is 0 Å². The Balaban J connectivity index is 1.29. The molecule has 0 saturated carbocycles. The van der Waals surface area contributed by atoms with E-state index in [9.17, 15) is 4.79 Å². The van der Waals surface area contributed by atoms with Crippen molar-refractivity contribution in [2.45, 2.75) is 11.6 Å². The van der Waals surface area contributed by atoms with Gasteiger partial charge in [-0.15, -0.1) is 10.2 Å². The minimum atomic E-state index is -0.0481. The number of nitrogens with zero attached hydrogens (tertiary/aromatic N) is 5. The lowest BCUT2D eigenvalue weighted by molar-refractivity contribution is -0.118. The summed E-state index contributed by atoms with van der Waals surface area (Å²) >= 11 is 1.39. The van der Waals surface area contributed by atoms with Crippen LogP contribution in [0.4, 0.5) is 0 Å². The molecule has 1 aromatic carbocycles. The molecule has 1 N–H and O–H groups in total. The van der Waals surface area contributed by atoms with Crippen molar-refractivity contribution in [1.29, 1.82) is 0 Å². The topological polar surface area (TPSA) is 86.3 Å². The first kappa shape index (κ1) is 19.0. The first-order chi connectivity index (χ1) is 14.2. The fourth-order valence-electron chi connectivity index (χ4n) is 2.89. The summed E-state index contributed by atoms with van der Waals surface area (Å²) in [4.78, 5) is 16.6. The highest BCUT2D eigenvalue weighted by molar-refractivity contribution is 7.99. The van der Waals surface area contributed by atoms with Gasteiger partial charge in [-0.25, -0.2) is 4.98 Å². The Morgan fingerprint density at radius 1 is 1.14 bits per heavy atom. The zero-order valence-corrected chi connectivity index (χ0v) is 16.7. The Kier molecular flexibility index (Phi) is 5.76. The fraction of sp³-hybridized carbons (Fsp3) is 0.200. The summed E-state index contributed by atoms with van der Waals surface area (Å²) in [6, 6.07) is 13.4. The van der Waals surface area contributed by atoms with Crippen LogP contribution in [0, 0.1) is 0 Å². The number of pyridine rings is 1. The van der Waals surface area contributed by atoms with Gasteiger partial charge >= 0.3 is 0 Å². The lowest BCUT2D eigenvalue weighted by atomic mass is 10.3. The summed E-state index contributed by atoms with van der Waals surface area (Å²) in [7, 11) is 1.64. The van der Waals surface area contributed by atoms with Crippen LogP contribution < -0.4 is 10.1 Å². The molecule has 0 spiro atoms. The molecule has 0 unspecified atom stereocenters. The van der Waals surface area contributed by atoms with Gasteiger partial charge in [0.15, 0.2) is 10.8 Å². The molecule has 3 heterocycles. The van der Waals surface area contributed by atoms with E-state index >= 15 is 0 Å². The number of imidazole rings is 1. The summed E-state index contributed by atoms with van der Waals surface area (Å²) in [6.07, 6.45) is 6.13. The molecule has 3 aromatic heterocycles. The molecule has 0 radical (unpaired) electrons. The van der Waals surface area contributed by atoms with Crippen molar-refractivity contribution in [3.05, 3.63) is 66.9 Å². The minimum absolute atomic E-state index is 0.0481. The van der Waals surface area contributed by atoms with E-state index in [1.54, 1.807) is 13.3 Å². The normalized spacial score (nSPS) is 10.9. The third-order valence-corrected chi connectivity index (χ3v) is 5.31. The molecule has 0 bridgehead atoms. The summed E-state index contributed by atoms with van der Waals surface area (Å²) in [5, 5.41) is 12.0. The van der Waals surface area contributed by atoms with Gasteiger partial charge in [0, 0.05) is 37.2 Å². The highest BCUT2D eigenvalue weighted by atomic mass is 32.2. The number of hydrogen-bond acceptors (Lipinski definition) is 6. The Labute approximate surface area is 171 Å². The van der Waals surface area contributed by atoms with Gasteiger partial charge in [0.05, 0.1) is 12.9 Å². The van der Waals surface area contributed by atoms with Crippen molar-refractivity contribution in [1.82, 2.24) is 29.5 Å². The van der Waals surface area contributed by atoms with Gasteiger partial charge in [-0.2, -0.15) is 0 Å². The number of fused-ring (bicyclic) bond motifs is 1. The van der Waals surface area contributed by atoms with Crippen LogP contribution in [-0.4, -0.2) is 49.5 Å². The molecule has 0 saturated heterocycles. The number of rotatable bonds is 8. The molecule has 0 atom stereocenters. The van der Waals surface area contributed by atoms with Gasteiger partial charge in [-0.3, -0.25) is 13.8 Å². The number of amides is 1. The quantitative estimate of drug-likeness (QED) is 0.451. The molecule has 9 heteroatoms. The van der Waals surface area contributed by atoms with Crippen LogP contribution in [0.5, 0.6) is 5.75 Å². The first-order valence-electron chi connectivity index (χ1n) is 9.10. The largest absolute Gasteiger partial charge is 0.497 e. The maximum absolute atomic E-state index is 12.2. The van der Waals surface area contributed by atoms with Gasteiger partial charge in [-0.1, -0.05) is 17.8 Å². The van der Waals surface area contributed by atoms with Crippen LogP contribution in [0.3, 0.4) is 0 Å². The van der Waals surface area contributed by atoms with Crippen molar-refractivity contribution in [2.75, 3.05) is 19.4 Å². The molecule has 29 heavy (non-hydrogen) atoms. The van der Waals surface area contributed by atoms with E-state index in [2.05, 4.69) is 20.5 Å². The Hall–Kier alpha value is -3.33. The van der Waals surface area contributed by atoms with E-state index in [-0.39, 0.29) is 11.7 Å². The monoisotopic (exact) mass is 408 g/mol. The Bertz CT molecular complexity index is 1110. The molecule has 148 valence electrons. The van der Waals surface area contributed by atoms with E-state index < -0.39 is 0 Å². The van der Waals surface area contributed by atoms with Crippen LogP contribution in [0.2, 0.25) is 0 Å². The lowest BCUT2D eigenvalue weighted by Crippen LogP contribution is -2.27. The Morgan fingerprint density at radius 3 is 2.83 bits per heavy atom. The highest BCUT2D eigenvalue weighted by Gasteiger charge is 2.10. The molecule has 0 aliphatic rings. The van der Waals surface area contributed by atoms with Crippen LogP contribution in [0.15, 0.2) is 66.2 Å². The number of benzene rings is 1. The van der Waals surface area contributed by atoms with Gasteiger partial charge in [0.2, 0.25) is 5.91 Å². The predicted molar refractivity (Wildman–Crippen MR) is 111 cm³/mol. The second-order valence-corrected chi connectivity index (χ2v) is 7.15. The molecule has 0 fully saturated rings. The molecule has 0 aliphatic carbocycles. The molecule has 4 aromatic rings. The molecule has 1 amide bonds. The molecule has 8 nitrogen and oxygen atoms in total.